The minimum atomic E-state index is -0.273. The van der Waals surface area contributed by atoms with Gasteiger partial charge < -0.3 is 0 Å². The third kappa shape index (κ3) is 6.83. The quantitative estimate of drug-likeness (QED) is 0.169. The molecule has 0 bridgehead atoms. The summed E-state index contributed by atoms with van der Waals surface area (Å²) < 4.78 is 34.3. The van der Waals surface area contributed by atoms with Crippen molar-refractivity contribution < 1.29 is 8.78 Å². The van der Waals surface area contributed by atoms with E-state index in [1.807, 2.05) is 117 Å². The average molecular weight is 778 g/mol. The first-order valence-corrected chi connectivity index (χ1v) is 18.2. The van der Waals surface area contributed by atoms with Crippen LogP contribution in [0.5, 0.6) is 0 Å². The molecule has 0 saturated heterocycles. The minimum Gasteiger partial charge on any atom is -0.299 e. The Hall–Kier alpha value is -6.88. The zero-order chi connectivity index (χ0) is 38.2. The number of pyridine rings is 2. The van der Waals surface area contributed by atoms with E-state index in [0.717, 1.165) is 67.7 Å². The van der Waals surface area contributed by atoms with E-state index in [1.165, 1.54) is 24.3 Å². The number of imidazole rings is 2. The Morgan fingerprint density at radius 2 is 0.768 bits per heavy atom. The first-order chi connectivity index (χ1) is 27.4. The van der Waals surface area contributed by atoms with Gasteiger partial charge in [0.05, 0.1) is 58.9 Å². The van der Waals surface area contributed by atoms with E-state index in [-0.39, 0.29) is 11.6 Å². The van der Waals surface area contributed by atoms with Crippen molar-refractivity contribution in [2.75, 3.05) is 0 Å². The molecule has 0 spiro atoms. The van der Waals surface area contributed by atoms with Gasteiger partial charge in [-0.05, 0) is 121 Å². The van der Waals surface area contributed by atoms with Crippen LogP contribution in [0.15, 0.2) is 171 Å². The highest BCUT2D eigenvalue weighted by Crippen LogP contribution is 2.29. The zero-order valence-electron chi connectivity index (χ0n) is 29.3. The number of aromatic nitrogens is 8. The van der Waals surface area contributed by atoms with Gasteiger partial charge >= 0.3 is 0 Å². The van der Waals surface area contributed by atoms with E-state index in [4.69, 9.17) is 23.2 Å². The van der Waals surface area contributed by atoms with Crippen molar-refractivity contribution in [1.82, 2.24) is 38.3 Å². The molecule has 0 atom stereocenters. The lowest BCUT2D eigenvalue weighted by atomic mass is 10.1. The summed E-state index contributed by atoms with van der Waals surface area (Å²) in [5.74, 6) is -0.532. The SMILES string of the molecule is Fc1ccc(-c2cnc3ccc(-c4ccnn4-c4ccc(Cl)cc4)cn23)cc1.Fc1ccc(-n2nccc2-c2ccc3ncc(-c4ccc(Cl)cc4)n3c2)cc1. The second-order valence-electron chi connectivity index (χ2n) is 12.8. The summed E-state index contributed by atoms with van der Waals surface area (Å²) >= 11 is 12.0. The van der Waals surface area contributed by atoms with Crippen LogP contribution in [0.4, 0.5) is 8.78 Å². The molecule has 0 aliphatic rings. The topological polar surface area (TPSA) is 70.2 Å². The van der Waals surface area contributed by atoms with E-state index in [9.17, 15) is 8.78 Å². The molecule has 10 aromatic rings. The van der Waals surface area contributed by atoms with E-state index in [0.29, 0.717) is 10.0 Å². The highest BCUT2D eigenvalue weighted by Gasteiger charge is 2.14. The molecule has 0 radical (unpaired) electrons. The lowest BCUT2D eigenvalue weighted by molar-refractivity contribution is 0.627. The predicted molar refractivity (Wildman–Crippen MR) is 216 cm³/mol. The largest absolute Gasteiger partial charge is 0.299 e. The molecule has 6 heterocycles. The van der Waals surface area contributed by atoms with Gasteiger partial charge in [0.25, 0.3) is 0 Å². The van der Waals surface area contributed by atoms with Crippen molar-refractivity contribution in [2.45, 2.75) is 0 Å². The molecule has 6 aromatic heterocycles. The number of nitrogens with zero attached hydrogens (tertiary/aromatic N) is 8. The fourth-order valence-electron chi connectivity index (χ4n) is 6.55. The Balaban J connectivity index is 0.000000146. The average Bonchev–Trinajstić information content (AvgIpc) is 4.06. The Morgan fingerprint density at radius 3 is 1.23 bits per heavy atom. The number of halogens is 4. The zero-order valence-corrected chi connectivity index (χ0v) is 30.8. The molecule has 272 valence electrons. The number of hydrogen-bond acceptors (Lipinski definition) is 4. The molecule has 0 amide bonds. The van der Waals surface area contributed by atoms with Crippen molar-refractivity contribution in [3.8, 4) is 56.4 Å². The molecule has 0 unspecified atom stereocenters. The van der Waals surface area contributed by atoms with Gasteiger partial charge in [-0.15, -0.1) is 0 Å². The van der Waals surface area contributed by atoms with Crippen LogP contribution in [-0.4, -0.2) is 38.3 Å². The maximum Gasteiger partial charge on any atom is 0.137 e. The fraction of sp³-hybridized carbons (Fsp3) is 0. The minimum absolute atomic E-state index is 0.259. The molecule has 0 fully saturated rings. The Bertz CT molecular complexity index is 2740. The molecule has 0 aliphatic carbocycles. The number of hydrogen-bond donors (Lipinski definition) is 0. The van der Waals surface area contributed by atoms with Crippen molar-refractivity contribution in [3.63, 3.8) is 0 Å². The molecule has 10 rings (SSSR count). The summed E-state index contributed by atoms with van der Waals surface area (Å²) in [6.45, 7) is 0. The highest BCUT2D eigenvalue weighted by atomic mass is 35.5. The Labute approximate surface area is 329 Å². The smallest absolute Gasteiger partial charge is 0.137 e. The number of rotatable bonds is 6. The van der Waals surface area contributed by atoms with Crippen LogP contribution >= 0.6 is 23.2 Å². The molecular weight excluding hydrogens is 749 g/mol. The van der Waals surface area contributed by atoms with Gasteiger partial charge in [0.15, 0.2) is 0 Å². The first-order valence-electron chi connectivity index (χ1n) is 17.4. The Kier molecular flexibility index (Phi) is 9.18. The maximum atomic E-state index is 13.3. The molecule has 56 heavy (non-hydrogen) atoms. The lowest BCUT2D eigenvalue weighted by Crippen LogP contribution is -2.00. The summed E-state index contributed by atoms with van der Waals surface area (Å²) in [5.41, 5.74) is 11.0. The molecule has 4 aromatic carbocycles. The van der Waals surface area contributed by atoms with Gasteiger partial charge in [0.2, 0.25) is 0 Å². The van der Waals surface area contributed by atoms with Gasteiger partial charge in [-0.3, -0.25) is 8.80 Å². The fourth-order valence-corrected chi connectivity index (χ4v) is 6.80. The van der Waals surface area contributed by atoms with E-state index < -0.39 is 0 Å². The monoisotopic (exact) mass is 776 g/mol. The summed E-state index contributed by atoms with van der Waals surface area (Å²) in [6, 6.07) is 39.7. The van der Waals surface area contributed by atoms with Crippen molar-refractivity contribution >= 4 is 34.5 Å². The summed E-state index contributed by atoms with van der Waals surface area (Å²) in [6.07, 6.45) is 11.2. The normalized spacial score (nSPS) is 11.2. The van der Waals surface area contributed by atoms with Crippen LogP contribution in [0.3, 0.4) is 0 Å². The van der Waals surface area contributed by atoms with Crippen LogP contribution in [0, 0.1) is 11.6 Å². The second-order valence-corrected chi connectivity index (χ2v) is 13.7. The molecular formula is C44H28Cl2F2N8. The van der Waals surface area contributed by atoms with E-state index in [1.54, 1.807) is 47.5 Å². The van der Waals surface area contributed by atoms with Gasteiger partial charge in [-0.25, -0.2) is 28.1 Å². The van der Waals surface area contributed by atoms with Crippen molar-refractivity contribution in [2.24, 2.45) is 0 Å². The molecule has 0 aliphatic heterocycles. The molecule has 8 nitrogen and oxygen atoms in total. The summed E-state index contributed by atoms with van der Waals surface area (Å²) in [7, 11) is 0. The van der Waals surface area contributed by atoms with Crippen LogP contribution in [0.1, 0.15) is 0 Å². The van der Waals surface area contributed by atoms with Gasteiger partial charge in [-0.2, -0.15) is 10.2 Å². The van der Waals surface area contributed by atoms with Crippen LogP contribution < -0.4 is 0 Å². The van der Waals surface area contributed by atoms with Crippen LogP contribution in [0.2, 0.25) is 10.0 Å². The first kappa shape index (κ1) is 34.9. The van der Waals surface area contributed by atoms with Crippen molar-refractivity contribution in [1.29, 1.82) is 0 Å². The number of benzene rings is 4. The lowest BCUT2D eigenvalue weighted by Gasteiger charge is -2.09. The van der Waals surface area contributed by atoms with Gasteiger partial charge in [0, 0.05) is 44.7 Å². The van der Waals surface area contributed by atoms with Crippen LogP contribution in [-0.2, 0) is 0 Å². The number of fused-ring (bicyclic) bond motifs is 2. The second kappa shape index (κ2) is 14.7. The predicted octanol–water partition coefficient (Wildman–Crippen LogP) is 11.3. The third-order valence-electron chi connectivity index (χ3n) is 9.31. The third-order valence-corrected chi connectivity index (χ3v) is 9.81. The molecule has 0 saturated carbocycles. The molecule has 0 N–H and O–H groups in total. The maximum absolute atomic E-state index is 13.3. The van der Waals surface area contributed by atoms with Crippen molar-refractivity contribution in [3.05, 3.63) is 192 Å². The van der Waals surface area contributed by atoms with E-state index in [2.05, 4.69) is 20.2 Å². The van der Waals surface area contributed by atoms with Gasteiger partial charge in [-0.1, -0.05) is 35.3 Å². The van der Waals surface area contributed by atoms with Gasteiger partial charge in [0.1, 0.15) is 22.9 Å². The standard InChI is InChI=1S/2C22H14ClFN4/c23-17-4-8-19(9-5-17)28-20(11-12-26-28)16-3-10-22-25-13-21(27(22)14-16)15-1-6-18(24)7-2-15;23-17-4-1-15(2-5-17)21-13-25-22-10-3-16(14-27(21)22)20-11-12-26-28(20)19-8-6-18(24)7-9-19/h2*1-14H. The highest BCUT2D eigenvalue weighted by molar-refractivity contribution is 6.30. The Morgan fingerprint density at radius 1 is 0.393 bits per heavy atom. The van der Waals surface area contributed by atoms with Crippen LogP contribution in [0.25, 0.3) is 67.7 Å². The van der Waals surface area contributed by atoms with E-state index >= 15 is 0 Å². The molecule has 12 heteroatoms. The summed E-state index contributed by atoms with van der Waals surface area (Å²) in [4.78, 5) is 8.96. The summed E-state index contributed by atoms with van der Waals surface area (Å²) in [5, 5.41) is 10.2.